The van der Waals surface area contributed by atoms with Gasteiger partial charge in [-0.2, -0.15) is 0 Å². The van der Waals surface area contributed by atoms with Crippen LogP contribution in [0.25, 0.3) is 0 Å². The van der Waals surface area contributed by atoms with E-state index in [2.05, 4.69) is 19.8 Å². The van der Waals surface area contributed by atoms with E-state index in [0.29, 0.717) is 5.69 Å². The molecule has 0 aliphatic carbocycles. The van der Waals surface area contributed by atoms with Gasteiger partial charge in [0.2, 0.25) is 0 Å². The van der Waals surface area contributed by atoms with E-state index < -0.39 is 11.9 Å². The molecule has 0 aliphatic rings. The lowest BCUT2D eigenvalue weighted by atomic mass is 10.3. The van der Waals surface area contributed by atoms with Gasteiger partial charge in [0.05, 0.1) is 14.2 Å². The number of carbonyl (C=O) groups is 2. The quantitative estimate of drug-likeness (QED) is 0.359. The zero-order valence-electron chi connectivity index (χ0n) is 9.47. The Hall–Kier alpha value is -2.37. The third kappa shape index (κ3) is 3.60. The van der Waals surface area contributed by atoms with Crippen molar-refractivity contribution in [2.75, 3.05) is 19.5 Å². The van der Waals surface area contributed by atoms with Crippen LogP contribution >= 0.6 is 0 Å². The van der Waals surface area contributed by atoms with E-state index in [-0.39, 0.29) is 5.57 Å². The van der Waals surface area contributed by atoms with Crippen molar-refractivity contribution in [3.05, 3.63) is 36.3 Å². The van der Waals surface area contributed by atoms with Gasteiger partial charge in [-0.25, -0.2) is 9.59 Å². The zero-order chi connectivity index (χ0) is 12.7. The summed E-state index contributed by atoms with van der Waals surface area (Å²) >= 11 is 0. The Morgan fingerprint density at radius 3 is 2.18 bits per heavy atom. The maximum Gasteiger partial charge on any atom is 0.346 e. The van der Waals surface area contributed by atoms with Gasteiger partial charge in [-0.15, -0.1) is 0 Å². The Bertz CT molecular complexity index is 410. The summed E-state index contributed by atoms with van der Waals surface area (Å²) in [6, 6.07) is 3.37. The average molecular weight is 236 g/mol. The van der Waals surface area contributed by atoms with Crippen LogP contribution in [0.3, 0.4) is 0 Å². The number of nitrogens with one attached hydrogen (secondary N) is 1. The molecule has 0 saturated carbocycles. The van der Waals surface area contributed by atoms with Crippen molar-refractivity contribution in [3.63, 3.8) is 0 Å². The molecule has 0 saturated heterocycles. The second-order valence-electron chi connectivity index (χ2n) is 2.92. The number of carbonyl (C=O) groups excluding carboxylic acids is 2. The van der Waals surface area contributed by atoms with Gasteiger partial charge in [-0.1, -0.05) is 0 Å². The van der Waals surface area contributed by atoms with Crippen LogP contribution in [0.4, 0.5) is 5.69 Å². The normalized spacial score (nSPS) is 9.06. The summed E-state index contributed by atoms with van der Waals surface area (Å²) in [7, 11) is 2.37. The van der Waals surface area contributed by atoms with Crippen LogP contribution in [0, 0.1) is 0 Å². The predicted octanol–water partition coefficient (Wildman–Crippen LogP) is 0.723. The van der Waals surface area contributed by atoms with Gasteiger partial charge in [0.25, 0.3) is 0 Å². The lowest BCUT2D eigenvalue weighted by molar-refractivity contribution is -0.144. The number of aromatic nitrogens is 1. The number of esters is 2. The number of ether oxygens (including phenoxy) is 2. The smallest absolute Gasteiger partial charge is 0.346 e. The van der Waals surface area contributed by atoms with Gasteiger partial charge in [0, 0.05) is 24.3 Å². The first kappa shape index (κ1) is 12.7. The van der Waals surface area contributed by atoms with Gasteiger partial charge in [-0.3, -0.25) is 4.98 Å². The minimum atomic E-state index is -0.765. The van der Waals surface area contributed by atoms with E-state index in [1.165, 1.54) is 20.4 Å². The highest BCUT2D eigenvalue weighted by Crippen LogP contribution is 2.06. The summed E-state index contributed by atoms with van der Waals surface area (Å²) in [5, 5.41) is 2.77. The summed E-state index contributed by atoms with van der Waals surface area (Å²) in [5.74, 6) is -1.53. The summed E-state index contributed by atoms with van der Waals surface area (Å²) in [4.78, 5) is 26.4. The van der Waals surface area contributed by atoms with Crippen molar-refractivity contribution >= 4 is 17.6 Å². The molecule has 0 bridgehead atoms. The number of methoxy groups -OCH3 is 2. The maximum atomic E-state index is 11.3. The molecule has 0 aliphatic heterocycles. The van der Waals surface area contributed by atoms with Gasteiger partial charge >= 0.3 is 11.9 Å². The van der Waals surface area contributed by atoms with E-state index in [4.69, 9.17) is 0 Å². The summed E-state index contributed by atoms with van der Waals surface area (Å²) in [6.45, 7) is 0. The predicted molar refractivity (Wildman–Crippen MR) is 60.0 cm³/mol. The van der Waals surface area contributed by atoms with Crippen LogP contribution in [0.15, 0.2) is 36.3 Å². The molecule has 0 atom stereocenters. The third-order valence-electron chi connectivity index (χ3n) is 1.87. The molecular formula is C11H12N2O4. The molecule has 17 heavy (non-hydrogen) atoms. The molecular weight excluding hydrogens is 224 g/mol. The van der Waals surface area contributed by atoms with E-state index in [0.717, 1.165) is 0 Å². The SMILES string of the molecule is COC(=O)C(=CNc1ccncc1)C(=O)OC. The first-order chi connectivity index (χ1) is 8.19. The Labute approximate surface area is 98.3 Å². The Morgan fingerprint density at radius 1 is 1.18 bits per heavy atom. The highest BCUT2D eigenvalue weighted by Gasteiger charge is 2.19. The van der Waals surface area contributed by atoms with Crippen molar-refractivity contribution in [2.45, 2.75) is 0 Å². The minimum absolute atomic E-state index is 0.216. The van der Waals surface area contributed by atoms with Crippen molar-refractivity contribution in [3.8, 4) is 0 Å². The highest BCUT2D eigenvalue weighted by atomic mass is 16.5. The molecule has 0 aromatic carbocycles. The van der Waals surface area contributed by atoms with Crippen LogP contribution in [-0.2, 0) is 19.1 Å². The number of hydrogen-bond acceptors (Lipinski definition) is 6. The molecule has 1 aromatic rings. The molecule has 0 radical (unpaired) electrons. The zero-order valence-corrected chi connectivity index (χ0v) is 9.47. The molecule has 1 heterocycles. The lowest BCUT2D eigenvalue weighted by Crippen LogP contribution is -2.17. The van der Waals surface area contributed by atoms with Gasteiger partial charge in [0.1, 0.15) is 0 Å². The lowest BCUT2D eigenvalue weighted by Gasteiger charge is -2.04. The average Bonchev–Trinajstić information content (AvgIpc) is 2.39. The third-order valence-corrected chi connectivity index (χ3v) is 1.87. The van der Waals surface area contributed by atoms with Crippen LogP contribution in [0.2, 0.25) is 0 Å². The molecule has 90 valence electrons. The second-order valence-corrected chi connectivity index (χ2v) is 2.92. The molecule has 0 spiro atoms. The van der Waals surface area contributed by atoms with E-state index in [1.807, 2.05) is 0 Å². The molecule has 0 amide bonds. The Kier molecular flexibility index (Phi) is 4.68. The molecule has 6 heteroatoms. The Morgan fingerprint density at radius 2 is 1.71 bits per heavy atom. The molecule has 1 rings (SSSR count). The van der Waals surface area contributed by atoms with Gasteiger partial charge < -0.3 is 14.8 Å². The van der Waals surface area contributed by atoms with Gasteiger partial charge in [0.15, 0.2) is 5.57 Å². The fourth-order valence-corrected chi connectivity index (χ4v) is 1.02. The van der Waals surface area contributed by atoms with Crippen LogP contribution in [0.5, 0.6) is 0 Å². The van der Waals surface area contributed by atoms with E-state index in [9.17, 15) is 9.59 Å². The molecule has 0 fully saturated rings. The van der Waals surface area contributed by atoms with Crippen LogP contribution in [-0.4, -0.2) is 31.1 Å². The monoisotopic (exact) mass is 236 g/mol. The van der Waals surface area contributed by atoms with Crippen molar-refractivity contribution in [1.82, 2.24) is 4.98 Å². The topological polar surface area (TPSA) is 77.5 Å². The van der Waals surface area contributed by atoms with Crippen molar-refractivity contribution in [1.29, 1.82) is 0 Å². The van der Waals surface area contributed by atoms with E-state index in [1.54, 1.807) is 24.5 Å². The number of nitrogens with zero attached hydrogens (tertiary/aromatic N) is 1. The molecule has 1 aromatic heterocycles. The summed E-state index contributed by atoms with van der Waals surface area (Å²) in [6.07, 6.45) is 4.38. The van der Waals surface area contributed by atoms with E-state index >= 15 is 0 Å². The van der Waals surface area contributed by atoms with Gasteiger partial charge in [-0.05, 0) is 12.1 Å². The summed E-state index contributed by atoms with van der Waals surface area (Å²) < 4.78 is 8.93. The molecule has 6 nitrogen and oxygen atoms in total. The number of pyridine rings is 1. The minimum Gasteiger partial charge on any atom is -0.465 e. The fourth-order valence-electron chi connectivity index (χ4n) is 1.02. The first-order valence-corrected chi connectivity index (χ1v) is 4.72. The maximum absolute atomic E-state index is 11.3. The summed E-state index contributed by atoms with van der Waals surface area (Å²) in [5.41, 5.74) is 0.470. The number of hydrogen-bond donors (Lipinski definition) is 1. The highest BCUT2D eigenvalue weighted by molar-refractivity contribution is 6.14. The molecule has 0 unspecified atom stereocenters. The first-order valence-electron chi connectivity index (χ1n) is 4.72. The number of rotatable bonds is 4. The fraction of sp³-hybridized carbons (Fsp3) is 0.182. The number of anilines is 1. The second kappa shape index (κ2) is 6.26. The van der Waals surface area contributed by atoms with Crippen LogP contribution < -0.4 is 5.32 Å². The van der Waals surface area contributed by atoms with Crippen LogP contribution in [0.1, 0.15) is 0 Å². The Balaban J connectivity index is 2.84. The van der Waals surface area contributed by atoms with Crippen molar-refractivity contribution < 1.29 is 19.1 Å². The standard InChI is InChI=1S/C11H12N2O4/c1-16-10(14)9(11(15)17-2)7-13-8-3-5-12-6-4-8/h3-7H,1-2H3,(H,12,13). The largest absolute Gasteiger partial charge is 0.465 e. The van der Waals surface area contributed by atoms with Crippen molar-refractivity contribution in [2.24, 2.45) is 0 Å². The molecule has 1 N–H and O–H groups in total.